The van der Waals surface area contributed by atoms with Gasteiger partial charge in [-0.2, -0.15) is 4.37 Å². The Morgan fingerprint density at radius 1 is 1.26 bits per heavy atom. The molecule has 2 aromatic rings. The quantitative estimate of drug-likeness (QED) is 0.881. The van der Waals surface area contributed by atoms with Crippen molar-refractivity contribution in [2.24, 2.45) is 0 Å². The summed E-state index contributed by atoms with van der Waals surface area (Å²) in [6.45, 7) is 6.39. The standard InChI is InChI=1S/C14H19N3OS/c1-3-17(10-11-8-6-5-7-9-11)14-12(18-4-2)13(15)16-19-14/h5-9H,3-4,10H2,1-2H3,(H2,15,16). The van der Waals surface area contributed by atoms with Crippen molar-refractivity contribution in [1.29, 1.82) is 0 Å². The lowest BCUT2D eigenvalue weighted by atomic mass is 10.2. The van der Waals surface area contributed by atoms with E-state index in [0.717, 1.165) is 18.1 Å². The second-order valence-corrected chi connectivity index (χ2v) is 4.89. The fourth-order valence-corrected chi connectivity index (χ4v) is 2.72. The summed E-state index contributed by atoms with van der Waals surface area (Å²) in [5.74, 6) is 1.19. The van der Waals surface area contributed by atoms with Crippen molar-refractivity contribution >= 4 is 22.4 Å². The number of nitrogen functional groups attached to an aromatic ring is 1. The number of nitrogens with zero attached hydrogens (tertiary/aromatic N) is 2. The predicted molar refractivity (Wildman–Crippen MR) is 80.9 cm³/mol. The molecule has 0 spiro atoms. The topological polar surface area (TPSA) is 51.4 Å². The van der Waals surface area contributed by atoms with Gasteiger partial charge in [-0.15, -0.1) is 0 Å². The van der Waals surface area contributed by atoms with E-state index in [4.69, 9.17) is 10.5 Å². The Kier molecular flexibility index (Phi) is 4.63. The van der Waals surface area contributed by atoms with Crippen molar-refractivity contribution < 1.29 is 4.74 Å². The second kappa shape index (κ2) is 6.43. The number of nitrogens with two attached hydrogens (primary N) is 1. The zero-order chi connectivity index (χ0) is 13.7. The summed E-state index contributed by atoms with van der Waals surface area (Å²) in [5.41, 5.74) is 7.12. The molecule has 0 bridgehead atoms. The van der Waals surface area contributed by atoms with Crippen molar-refractivity contribution in [3.8, 4) is 5.75 Å². The van der Waals surface area contributed by atoms with Gasteiger partial charge in [0.2, 0.25) is 0 Å². The number of hydrogen-bond acceptors (Lipinski definition) is 5. The van der Waals surface area contributed by atoms with Crippen molar-refractivity contribution in [1.82, 2.24) is 4.37 Å². The van der Waals surface area contributed by atoms with Crippen LogP contribution in [0.5, 0.6) is 5.75 Å². The van der Waals surface area contributed by atoms with Crippen LogP contribution in [-0.2, 0) is 6.54 Å². The van der Waals surface area contributed by atoms with Crippen molar-refractivity contribution in [3.05, 3.63) is 35.9 Å². The first-order valence-electron chi connectivity index (χ1n) is 6.43. The molecule has 2 N–H and O–H groups in total. The Bertz CT molecular complexity index is 513. The Labute approximate surface area is 118 Å². The first-order valence-corrected chi connectivity index (χ1v) is 7.20. The molecule has 102 valence electrons. The van der Waals surface area contributed by atoms with E-state index >= 15 is 0 Å². The first kappa shape index (κ1) is 13.7. The highest BCUT2D eigenvalue weighted by atomic mass is 32.1. The third-order valence-electron chi connectivity index (χ3n) is 2.83. The zero-order valence-electron chi connectivity index (χ0n) is 11.3. The molecule has 0 unspecified atom stereocenters. The van der Waals surface area contributed by atoms with E-state index in [2.05, 4.69) is 28.3 Å². The van der Waals surface area contributed by atoms with Gasteiger partial charge in [0.15, 0.2) is 16.6 Å². The van der Waals surface area contributed by atoms with E-state index < -0.39 is 0 Å². The third-order valence-corrected chi connectivity index (χ3v) is 3.74. The van der Waals surface area contributed by atoms with Crippen molar-refractivity contribution in [2.45, 2.75) is 20.4 Å². The average molecular weight is 277 g/mol. The summed E-state index contributed by atoms with van der Waals surface area (Å²) in [6.07, 6.45) is 0. The summed E-state index contributed by atoms with van der Waals surface area (Å²) in [4.78, 5) is 2.23. The molecule has 5 heteroatoms. The monoisotopic (exact) mass is 277 g/mol. The number of hydrogen-bond donors (Lipinski definition) is 1. The molecule has 0 aliphatic heterocycles. The van der Waals surface area contributed by atoms with Gasteiger partial charge in [-0.25, -0.2) is 0 Å². The number of rotatable bonds is 6. The highest BCUT2D eigenvalue weighted by Gasteiger charge is 2.18. The molecule has 0 saturated carbocycles. The van der Waals surface area contributed by atoms with Gasteiger partial charge in [0, 0.05) is 13.1 Å². The largest absolute Gasteiger partial charge is 0.487 e. The van der Waals surface area contributed by atoms with E-state index in [9.17, 15) is 0 Å². The van der Waals surface area contributed by atoms with Gasteiger partial charge in [0.25, 0.3) is 0 Å². The molecule has 19 heavy (non-hydrogen) atoms. The fraction of sp³-hybridized carbons (Fsp3) is 0.357. The van der Waals surface area contributed by atoms with Crippen LogP contribution >= 0.6 is 11.5 Å². The highest BCUT2D eigenvalue weighted by molar-refractivity contribution is 7.11. The molecule has 1 heterocycles. The molecule has 0 saturated heterocycles. The van der Waals surface area contributed by atoms with Gasteiger partial charge >= 0.3 is 0 Å². The van der Waals surface area contributed by atoms with E-state index in [1.165, 1.54) is 17.1 Å². The van der Waals surface area contributed by atoms with Gasteiger partial charge in [0.05, 0.1) is 6.61 Å². The minimum Gasteiger partial charge on any atom is -0.487 e. The predicted octanol–water partition coefficient (Wildman–Crippen LogP) is 3.15. The summed E-state index contributed by atoms with van der Waals surface area (Å²) in [6, 6.07) is 10.4. The van der Waals surface area contributed by atoms with Crippen LogP contribution in [0.15, 0.2) is 30.3 Å². The summed E-state index contributed by atoms with van der Waals surface area (Å²) >= 11 is 1.39. The normalized spacial score (nSPS) is 10.4. The molecule has 4 nitrogen and oxygen atoms in total. The van der Waals surface area contributed by atoms with Gasteiger partial charge in [-0.1, -0.05) is 30.3 Å². The molecule has 1 aromatic heterocycles. The van der Waals surface area contributed by atoms with Crippen LogP contribution < -0.4 is 15.4 Å². The molecule has 2 rings (SSSR count). The smallest absolute Gasteiger partial charge is 0.197 e. The Balaban J connectivity index is 2.22. The van der Waals surface area contributed by atoms with Crippen LogP contribution in [0, 0.1) is 0 Å². The SMILES string of the molecule is CCOc1c(N)nsc1N(CC)Cc1ccccc1. The van der Waals surface area contributed by atoms with Crippen LogP contribution in [0.4, 0.5) is 10.8 Å². The van der Waals surface area contributed by atoms with Gasteiger partial charge < -0.3 is 15.4 Å². The lowest BCUT2D eigenvalue weighted by Gasteiger charge is -2.22. The fourth-order valence-electron chi connectivity index (χ4n) is 1.90. The van der Waals surface area contributed by atoms with Gasteiger partial charge in [0.1, 0.15) is 0 Å². The van der Waals surface area contributed by atoms with Crippen LogP contribution in [-0.4, -0.2) is 17.5 Å². The first-order chi connectivity index (χ1) is 9.26. The van der Waals surface area contributed by atoms with E-state index in [0.29, 0.717) is 18.2 Å². The van der Waals surface area contributed by atoms with Crippen molar-refractivity contribution in [3.63, 3.8) is 0 Å². The minimum absolute atomic E-state index is 0.480. The Morgan fingerprint density at radius 2 is 2.00 bits per heavy atom. The Hall–Kier alpha value is -1.75. The zero-order valence-corrected chi connectivity index (χ0v) is 12.1. The number of ether oxygens (including phenoxy) is 1. The molecule has 0 fully saturated rings. The average Bonchev–Trinajstić information content (AvgIpc) is 2.79. The summed E-state index contributed by atoms with van der Waals surface area (Å²) in [5, 5.41) is 1.01. The molecular weight excluding hydrogens is 258 g/mol. The maximum atomic E-state index is 5.86. The maximum Gasteiger partial charge on any atom is 0.197 e. The molecule has 0 radical (unpaired) electrons. The van der Waals surface area contributed by atoms with Crippen LogP contribution in [0.25, 0.3) is 0 Å². The van der Waals surface area contributed by atoms with Crippen LogP contribution in [0.2, 0.25) is 0 Å². The molecule has 0 atom stereocenters. The number of anilines is 2. The van der Waals surface area contributed by atoms with E-state index in [1.807, 2.05) is 25.1 Å². The van der Waals surface area contributed by atoms with Crippen LogP contribution in [0.3, 0.4) is 0 Å². The lowest BCUT2D eigenvalue weighted by Crippen LogP contribution is -2.21. The van der Waals surface area contributed by atoms with Gasteiger partial charge in [-0.05, 0) is 30.9 Å². The molecule has 1 aromatic carbocycles. The maximum absolute atomic E-state index is 5.86. The molecular formula is C14H19N3OS. The summed E-state index contributed by atoms with van der Waals surface area (Å²) in [7, 11) is 0. The summed E-state index contributed by atoms with van der Waals surface area (Å²) < 4.78 is 9.81. The second-order valence-electron chi connectivity index (χ2n) is 4.13. The van der Waals surface area contributed by atoms with Crippen molar-refractivity contribution in [2.75, 3.05) is 23.8 Å². The number of benzene rings is 1. The van der Waals surface area contributed by atoms with E-state index in [1.54, 1.807) is 0 Å². The minimum atomic E-state index is 0.480. The van der Waals surface area contributed by atoms with E-state index in [-0.39, 0.29) is 0 Å². The molecule has 0 aliphatic carbocycles. The lowest BCUT2D eigenvalue weighted by molar-refractivity contribution is 0.343. The molecule has 0 aliphatic rings. The third kappa shape index (κ3) is 3.17. The van der Waals surface area contributed by atoms with Gasteiger partial charge in [-0.3, -0.25) is 0 Å². The van der Waals surface area contributed by atoms with Crippen LogP contribution in [0.1, 0.15) is 19.4 Å². The number of aromatic nitrogens is 1. The molecule has 0 amide bonds. The Morgan fingerprint density at radius 3 is 2.63 bits per heavy atom. The highest BCUT2D eigenvalue weighted by Crippen LogP contribution is 2.38.